The van der Waals surface area contributed by atoms with Gasteiger partial charge in [0.25, 0.3) is 0 Å². The molecule has 0 saturated heterocycles. The van der Waals surface area contributed by atoms with Crippen LogP contribution in [0.5, 0.6) is 0 Å². The van der Waals surface area contributed by atoms with Crippen molar-refractivity contribution in [1.29, 1.82) is 0 Å². The summed E-state index contributed by atoms with van der Waals surface area (Å²) in [5, 5.41) is 0. The van der Waals surface area contributed by atoms with E-state index in [0.717, 1.165) is 12.1 Å². The molecular weight excluding hydrogens is 391 g/mol. The van der Waals surface area contributed by atoms with E-state index < -0.39 is 41.2 Å². The molecule has 6 nitrogen and oxygen atoms in total. The lowest BCUT2D eigenvalue weighted by molar-refractivity contribution is -0.137. The van der Waals surface area contributed by atoms with E-state index in [9.17, 15) is 22.8 Å². The third-order valence-electron chi connectivity index (χ3n) is 3.86. The van der Waals surface area contributed by atoms with Crippen molar-refractivity contribution >= 4 is 12.2 Å². The van der Waals surface area contributed by atoms with Gasteiger partial charge < -0.3 is 14.2 Å². The summed E-state index contributed by atoms with van der Waals surface area (Å²) in [6.07, 6.45) is -6.61. The quantitative estimate of drug-likeness (QED) is 0.608. The van der Waals surface area contributed by atoms with E-state index in [-0.39, 0.29) is 18.8 Å². The summed E-state index contributed by atoms with van der Waals surface area (Å²) >= 11 is 0. The number of carbonyl (C=O) groups is 2. The Labute approximate surface area is 167 Å². The third kappa shape index (κ3) is 6.09. The maximum atomic E-state index is 13.2. The highest BCUT2D eigenvalue weighted by atomic mass is 19.4. The molecule has 0 aromatic heterocycles. The van der Waals surface area contributed by atoms with Crippen LogP contribution in [0.2, 0.25) is 0 Å². The lowest BCUT2D eigenvalue weighted by Crippen LogP contribution is -2.47. The second-order valence-corrected chi connectivity index (χ2v) is 8.77. The fourth-order valence-corrected chi connectivity index (χ4v) is 2.75. The predicted octanol–water partition coefficient (Wildman–Crippen LogP) is 5.45. The Morgan fingerprint density at radius 1 is 1.00 bits per heavy atom. The van der Waals surface area contributed by atoms with E-state index >= 15 is 0 Å². The Morgan fingerprint density at radius 3 is 1.97 bits per heavy atom. The standard InChI is InChI=1S/C20H26F3NO5/c1-18(2,3)28-16(25)24(17(26)29-19(4,5)6)15-11-27-10-12-7-8-13(9-14(12)15)20(21,22)23/h7-9,15H,10-11H2,1-6H3. The number of amides is 2. The fourth-order valence-electron chi connectivity index (χ4n) is 2.75. The van der Waals surface area contributed by atoms with Crippen LogP contribution in [0.3, 0.4) is 0 Å². The first-order valence-electron chi connectivity index (χ1n) is 9.11. The van der Waals surface area contributed by atoms with Crippen LogP contribution in [0.1, 0.15) is 64.3 Å². The number of hydrogen-bond acceptors (Lipinski definition) is 5. The second kappa shape index (κ2) is 7.85. The first-order valence-corrected chi connectivity index (χ1v) is 9.11. The van der Waals surface area contributed by atoms with Gasteiger partial charge in [0.15, 0.2) is 0 Å². The minimum absolute atomic E-state index is 0.0699. The molecule has 162 valence electrons. The van der Waals surface area contributed by atoms with Crippen LogP contribution in [-0.2, 0) is 27.0 Å². The molecule has 2 rings (SSSR count). The first kappa shape index (κ1) is 23.0. The van der Waals surface area contributed by atoms with E-state index in [4.69, 9.17) is 14.2 Å². The van der Waals surface area contributed by atoms with Gasteiger partial charge in [0.1, 0.15) is 11.2 Å². The topological polar surface area (TPSA) is 65.1 Å². The molecule has 0 bridgehead atoms. The lowest BCUT2D eigenvalue weighted by Gasteiger charge is -2.36. The van der Waals surface area contributed by atoms with Crippen LogP contribution in [0.15, 0.2) is 18.2 Å². The molecule has 0 N–H and O–H groups in total. The van der Waals surface area contributed by atoms with Crippen molar-refractivity contribution < 1.29 is 37.0 Å². The van der Waals surface area contributed by atoms with Gasteiger partial charge in [-0.05, 0) is 64.8 Å². The van der Waals surface area contributed by atoms with E-state index in [0.29, 0.717) is 10.5 Å². The molecule has 0 spiro atoms. The average molecular weight is 417 g/mol. The molecule has 0 fully saturated rings. The van der Waals surface area contributed by atoms with Crippen molar-refractivity contribution in [2.75, 3.05) is 6.61 Å². The zero-order valence-electron chi connectivity index (χ0n) is 17.3. The van der Waals surface area contributed by atoms with Crippen molar-refractivity contribution in [2.24, 2.45) is 0 Å². The Kier molecular flexibility index (Phi) is 6.23. The van der Waals surface area contributed by atoms with Gasteiger partial charge in [-0.25, -0.2) is 14.5 Å². The summed E-state index contributed by atoms with van der Waals surface area (Å²) in [4.78, 5) is 26.3. The molecule has 0 aliphatic carbocycles. The highest BCUT2D eigenvalue weighted by Gasteiger charge is 2.41. The van der Waals surface area contributed by atoms with Gasteiger partial charge in [0, 0.05) is 0 Å². The van der Waals surface area contributed by atoms with Crippen LogP contribution in [0.4, 0.5) is 22.8 Å². The van der Waals surface area contributed by atoms with Crippen LogP contribution in [0.25, 0.3) is 0 Å². The number of alkyl halides is 3. The molecule has 1 heterocycles. The Balaban J connectivity index is 2.51. The van der Waals surface area contributed by atoms with E-state index in [1.807, 2.05) is 0 Å². The number of hydrogen-bond donors (Lipinski definition) is 0. The van der Waals surface area contributed by atoms with Gasteiger partial charge >= 0.3 is 18.4 Å². The maximum absolute atomic E-state index is 13.2. The molecule has 1 atom stereocenters. The molecule has 9 heteroatoms. The summed E-state index contributed by atoms with van der Waals surface area (Å²) in [5.41, 5.74) is -2.11. The van der Waals surface area contributed by atoms with E-state index in [1.165, 1.54) is 6.07 Å². The zero-order chi connectivity index (χ0) is 22.2. The highest BCUT2D eigenvalue weighted by molar-refractivity contribution is 5.89. The summed E-state index contributed by atoms with van der Waals surface area (Å²) in [5.74, 6) is 0. The second-order valence-electron chi connectivity index (χ2n) is 8.77. The lowest BCUT2D eigenvalue weighted by atomic mass is 9.95. The van der Waals surface area contributed by atoms with Crippen LogP contribution >= 0.6 is 0 Å². The molecule has 1 unspecified atom stereocenters. The van der Waals surface area contributed by atoms with Crippen molar-refractivity contribution in [3.05, 3.63) is 34.9 Å². The van der Waals surface area contributed by atoms with Crippen LogP contribution in [-0.4, -0.2) is 34.9 Å². The average Bonchev–Trinajstić information content (AvgIpc) is 2.50. The fraction of sp³-hybridized carbons (Fsp3) is 0.600. The number of benzene rings is 1. The molecule has 29 heavy (non-hydrogen) atoms. The largest absolute Gasteiger partial charge is 0.443 e. The van der Waals surface area contributed by atoms with Crippen molar-refractivity contribution in [2.45, 2.75) is 71.6 Å². The Bertz CT molecular complexity index is 750. The van der Waals surface area contributed by atoms with Crippen LogP contribution < -0.4 is 0 Å². The van der Waals surface area contributed by atoms with Crippen LogP contribution in [0, 0.1) is 0 Å². The van der Waals surface area contributed by atoms with Crippen molar-refractivity contribution in [3.63, 3.8) is 0 Å². The van der Waals surface area contributed by atoms with Gasteiger partial charge in [0.2, 0.25) is 0 Å². The molecule has 0 radical (unpaired) electrons. The Hall–Kier alpha value is -2.29. The first-order chi connectivity index (χ1) is 13.1. The molecule has 1 aliphatic heterocycles. The number of halogens is 3. The summed E-state index contributed by atoms with van der Waals surface area (Å²) < 4.78 is 55.7. The Morgan fingerprint density at radius 2 is 1.52 bits per heavy atom. The summed E-state index contributed by atoms with van der Waals surface area (Å²) in [6.45, 7) is 9.59. The number of carbonyl (C=O) groups excluding carboxylic acids is 2. The molecular formula is C20H26F3NO5. The SMILES string of the molecule is CC(C)(C)OC(=O)N(C(=O)OC(C)(C)C)C1COCc2ccc(C(F)(F)F)cc21. The monoisotopic (exact) mass is 417 g/mol. The molecule has 1 aromatic rings. The van der Waals surface area contributed by atoms with Crippen molar-refractivity contribution in [1.82, 2.24) is 4.90 Å². The maximum Gasteiger partial charge on any atom is 0.420 e. The molecule has 1 aromatic carbocycles. The minimum Gasteiger partial charge on any atom is -0.443 e. The summed E-state index contributed by atoms with van der Waals surface area (Å²) in [6, 6.07) is 2.04. The minimum atomic E-state index is -4.57. The van der Waals surface area contributed by atoms with Crippen molar-refractivity contribution in [3.8, 4) is 0 Å². The molecule has 1 aliphatic rings. The number of ether oxygens (including phenoxy) is 3. The number of imide groups is 1. The van der Waals surface area contributed by atoms with Gasteiger partial charge in [-0.1, -0.05) is 6.07 Å². The zero-order valence-corrected chi connectivity index (χ0v) is 17.3. The normalized spacial score (nSPS) is 17.3. The summed E-state index contributed by atoms with van der Waals surface area (Å²) in [7, 11) is 0. The molecule has 2 amide bonds. The van der Waals surface area contributed by atoms with Gasteiger partial charge in [0.05, 0.1) is 24.8 Å². The highest BCUT2D eigenvalue weighted by Crippen LogP contribution is 2.37. The van der Waals surface area contributed by atoms with Gasteiger partial charge in [-0.2, -0.15) is 13.2 Å². The smallest absolute Gasteiger partial charge is 0.420 e. The number of rotatable bonds is 1. The molecule has 0 saturated carbocycles. The predicted molar refractivity (Wildman–Crippen MR) is 98.1 cm³/mol. The van der Waals surface area contributed by atoms with Gasteiger partial charge in [-0.15, -0.1) is 0 Å². The van der Waals surface area contributed by atoms with E-state index in [2.05, 4.69) is 0 Å². The van der Waals surface area contributed by atoms with Gasteiger partial charge in [-0.3, -0.25) is 0 Å². The van der Waals surface area contributed by atoms with E-state index in [1.54, 1.807) is 41.5 Å². The third-order valence-corrected chi connectivity index (χ3v) is 3.86. The number of nitrogens with zero attached hydrogens (tertiary/aromatic N) is 1. The number of fused-ring (bicyclic) bond motifs is 1.